The van der Waals surface area contributed by atoms with Crippen molar-refractivity contribution < 1.29 is 26.8 Å². The monoisotopic (exact) mass is 446 g/mol. The van der Waals surface area contributed by atoms with E-state index in [9.17, 15) is 17.6 Å². The molecule has 4 rings (SSSR count). The van der Waals surface area contributed by atoms with Gasteiger partial charge in [0.1, 0.15) is 11.4 Å². The summed E-state index contributed by atoms with van der Waals surface area (Å²) >= 11 is 0. The molecule has 1 aliphatic rings. The van der Waals surface area contributed by atoms with E-state index in [0.29, 0.717) is 22.2 Å². The van der Waals surface area contributed by atoms with Gasteiger partial charge in [-0.15, -0.1) is 0 Å². The average Bonchev–Trinajstić information content (AvgIpc) is 3.04. The van der Waals surface area contributed by atoms with E-state index in [1.165, 1.54) is 46.8 Å². The van der Waals surface area contributed by atoms with Gasteiger partial charge >= 0.3 is 0 Å². The van der Waals surface area contributed by atoms with Gasteiger partial charge in [0.05, 0.1) is 17.1 Å². The summed E-state index contributed by atoms with van der Waals surface area (Å²) in [5.41, 5.74) is 1.36. The van der Waals surface area contributed by atoms with Gasteiger partial charge in [-0.25, -0.2) is 12.8 Å². The Labute approximate surface area is 179 Å². The second-order valence-corrected chi connectivity index (χ2v) is 9.69. The summed E-state index contributed by atoms with van der Waals surface area (Å²) in [5, 5.41) is 3.22. The third-order valence-corrected chi connectivity index (χ3v) is 7.09. The highest BCUT2D eigenvalue weighted by molar-refractivity contribution is 7.89. The molecule has 0 spiro atoms. The number of anilines is 1. The van der Waals surface area contributed by atoms with Crippen LogP contribution in [0.15, 0.2) is 51.8 Å². The first-order valence-electron chi connectivity index (χ1n) is 9.91. The van der Waals surface area contributed by atoms with Crippen LogP contribution >= 0.6 is 0 Å². The third kappa shape index (κ3) is 4.21. The molecule has 0 saturated carbocycles. The molecule has 1 amide bonds. The number of sulfonamides is 1. The largest absolute Gasteiger partial charge is 0.451 e. The number of nitrogens with one attached hydrogen (secondary N) is 1. The maximum absolute atomic E-state index is 13.5. The molecule has 7 nitrogen and oxygen atoms in total. The van der Waals surface area contributed by atoms with Crippen molar-refractivity contribution in [1.82, 2.24) is 4.31 Å². The number of hydrogen-bond donors (Lipinski definition) is 1. The summed E-state index contributed by atoms with van der Waals surface area (Å²) < 4.78 is 52.0. The van der Waals surface area contributed by atoms with Gasteiger partial charge < -0.3 is 14.5 Å². The second-order valence-electron chi connectivity index (χ2n) is 7.75. The molecule has 1 aromatic heterocycles. The van der Waals surface area contributed by atoms with Crippen molar-refractivity contribution in [1.29, 1.82) is 0 Å². The first-order chi connectivity index (χ1) is 14.6. The number of ether oxygens (including phenoxy) is 1. The van der Waals surface area contributed by atoms with E-state index in [4.69, 9.17) is 9.15 Å². The van der Waals surface area contributed by atoms with E-state index in [-0.39, 0.29) is 36.0 Å². The van der Waals surface area contributed by atoms with Crippen molar-refractivity contribution in [2.45, 2.75) is 37.9 Å². The van der Waals surface area contributed by atoms with Gasteiger partial charge in [0.15, 0.2) is 5.76 Å². The maximum Gasteiger partial charge on any atom is 0.291 e. The normalized spacial score (nSPS) is 20.1. The van der Waals surface area contributed by atoms with Crippen LogP contribution < -0.4 is 5.32 Å². The van der Waals surface area contributed by atoms with Crippen molar-refractivity contribution in [2.75, 3.05) is 18.4 Å². The third-order valence-electron chi connectivity index (χ3n) is 5.24. The summed E-state index contributed by atoms with van der Waals surface area (Å²) in [6.45, 7) is 5.94. The summed E-state index contributed by atoms with van der Waals surface area (Å²) in [6.07, 6.45) is -0.366. The van der Waals surface area contributed by atoms with Gasteiger partial charge in [0.2, 0.25) is 10.0 Å². The molecule has 0 radical (unpaired) electrons. The number of fused-ring (bicyclic) bond motifs is 1. The van der Waals surface area contributed by atoms with Gasteiger partial charge in [-0.2, -0.15) is 4.31 Å². The fourth-order valence-corrected chi connectivity index (χ4v) is 5.37. The number of carbonyl (C=O) groups is 1. The molecular weight excluding hydrogens is 423 g/mol. The molecule has 9 heteroatoms. The molecule has 0 aliphatic carbocycles. The SMILES string of the molecule is Cc1c(C(=O)Nc2ccc(S(=O)(=O)N3C[C@H](C)O[C@@H](C)C3)cc2)oc2ccc(F)cc12. The van der Waals surface area contributed by atoms with E-state index < -0.39 is 21.7 Å². The summed E-state index contributed by atoms with van der Waals surface area (Å²) in [5.74, 6) is -0.835. The number of furan rings is 1. The summed E-state index contributed by atoms with van der Waals surface area (Å²) in [6, 6.07) is 10.0. The quantitative estimate of drug-likeness (QED) is 0.656. The Kier molecular flexibility index (Phi) is 5.59. The number of hydrogen-bond acceptors (Lipinski definition) is 5. The first-order valence-corrected chi connectivity index (χ1v) is 11.3. The fourth-order valence-electron chi connectivity index (χ4n) is 3.78. The van der Waals surface area contributed by atoms with Gasteiger partial charge in [-0.3, -0.25) is 4.79 Å². The van der Waals surface area contributed by atoms with Gasteiger partial charge in [0.25, 0.3) is 5.91 Å². The minimum absolute atomic E-state index is 0.0774. The number of amides is 1. The Morgan fingerprint density at radius 3 is 2.39 bits per heavy atom. The number of morpholine rings is 1. The lowest BCUT2D eigenvalue weighted by Gasteiger charge is -2.34. The molecular formula is C22H23FN2O5S. The summed E-state index contributed by atoms with van der Waals surface area (Å²) in [7, 11) is -3.67. The molecule has 2 atom stereocenters. The average molecular weight is 447 g/mol. The van der Waals surface area contributed by atoms with Crippen molar-refractivity contribution in [3.63, 3.8) is 0 Å². The minimum Gasteiger partial charge on any atom is -0.451 e. The zero-order chi connectivity index (χ0) is 22.3. The molecule has 1 saturated heterocycles. The van der Waals surface area contributed by atoms with Crippen molar-refractivity contribution in [3.05, 3.63) is 59.6 Å². The first kappa shape index (κ1) is 21.5. The van der Waals surface area contributed by atoms with Crippen LogP contribution in [-0.2, 0) is 14.8 Å². The molecule has 1 aliphatic heterocycles. The molecule has 0 unspecified atom stereocenters. The highest BCUT2D eigenvalue weighted by Crippen LogP contribution is 2.27. The van der Waals surface area contributed by atoms with Crippen molar-refractivity contribution in [2.24, 2.45) is 0 Å². The Morgan fingerprint density at radius 2 is 1.74 bits per heavy atom. The van der Waals surface area contributed by atoms with Crippen molar-refractivity contribution >= 4 is 32.6 Å². The van der Waals surface area contributed by atoms with Gasteiger partial charge in [0, 0.05) is 29.7 Å². The fraction of sp³-hybridized carbons (Fsp3) is 0.318. The smallest absolute Gasteiger partial charge is 0.291 e. The van der Waals surface area contributed by atoms with Crippen LogP contribution in [0.25, 0.3) is 11.0 Å². The van der Waals surface area contributed by atoms with Crippen molar-refractivity contribution in [3.8, 4) is 0 Å². The summed E-state index contributed by atoms with van der Waals surface area (Å²) in [4.78, 5) is 12.8. The van der Waals surface area contributed by atoms with Crippen LogP contribution in [0.3, 0.4) is 0 Å². The lowest BCUT2D eigenvalue weighted by molar-refractivity contribution is -0.0440. The number of carbonyl (C=O) groups excluding carboxylic acids is 1. The Bertz CT molecular complexity index is 1230. The molecule has 2 aromatic carbocycles. The van der Waals surface area contributed by atoms with Crippen LogP contribution in [-0.4, -0.2) is 43.9 Å². The highest BCUT2D eigenvalue weighted by atomic mass is 32.2. The lowest BCUT2D eigenvalue weighted by atomic mass is 10.1. The number of benzene rings is 2. The van der Waals surface area contributed by atoms with E-state index in [1.54, 1.807) is 6.92 Å². The lowest BCUT2D eigenvalue weighted by Crippen LogP contribution is -2.48. The molecule has 31 heavy (non-hydrogen) atoms. The van der Waals surface area contributed by atoms with E-state index in [0.717, 1.165) is 0 Å². The van der Waals surface area contributed by atoms with Gasteiger partial charge in [-0.05, 0) is 63.2 Å². The van der Waals surface area contributed by atoms with E-state index in [2.05, 4.69) is 5.32 Å². The highest BCUT2D eigenvalue weighted by Gasteiger charge is 2.32. The maximum atomic E-state index is 13.5. The molecule has 1 fully saturated rings. The van der Waals surface area contributed by atoms with Crippen LogP contribution in [0, 0.1) is 12.7 Å². The van der Waals surface area contributed by atoms with Crippen LogP contribution in [0.5, 0.6) is 0 Å². The zero-order valence-corrected chi connectivity index (χ0v) is 18.2. The van der Waals surface area contributed by atoms with E-state index >= 15 is 0 Å². The van der Waals surface area contributed by atoms with E-state index in [1.807, 2.05) is 13.8 Å². The number of halogens is 1. The van der Waals surface area contributed by atoms with Crippen LogP contribution in [0.2, 0.25) is 0 Å². The Hall–Kier alpha value is -2.75. The standard InChI is InChI=1S/C22H23FN2O5S/c1-13-11-25(12-14(2)29-13)31(27,28)18-7-5-17(6-8-18)24-22(26)21-15(3)19-10-16(23)4-9-20(19)30-21/h4-10,13-14H,11-12H2,1-3H3,(H,24,26)/t13-,14-/m0/s1. The van der Waals surface area contributed by atoms with Gasteiger partial charge in [-0.1, -0.05) is 0 Å². The molecule has 2 heterocycles. The van der Waals surface area contributed by atoms with Crippen LogP contribution in [0.1, 0.15) is 30.0 Å². The van der Waals surface area contributed by atoms with Crippen LogP contribution in [0.4, 0.5) is 10.1 Å². The molecule has 1 N–H and O–H groups in total. The minimum atomic E-state index is -3.67. The predicted molar refractivity (Wildman–Crippen MR) is 114 cm³/mol. The Morgan fingerprint density at radius 1 is 1.10 bits per heavy atom. The zero-order valence-electron chi connectivity index (χ0n) is 17.4. The number of aryl methyl sites for hydroxylation is 1. The molecule has 0 bridgehead atoms. The second kappa shape index (κ2) is 8.07. The molecule has 164 valence electrons. The number of rotatable bonds is 4. The molecule has 3 aromatic rings. The predicted octanol–water partition coefficient (Wildman–Crippen LogP) is 3.93. The number of nitrogens with zero attached hydrogens (tertiary/aromatic N) is 1. The Balaban J connectivity index is 1.52. The topological polar surface area (TPSA) is 88.9 Å².